The topological polar surface area (TPSA) is 60.9 Å². The summed E-state index contributed by atoms with van der Waals surface area (Å²) in [6.07, 6.45) is 5.17. The molecule has 0 aliphatic heterocycles. The SMILES string of the molecule is Cc1cc(NC2CCCC2)c2[nH]c(-c3nc(CO)cs3)cc2c1. The maximum atomic E-state index is 9.20. The van der Waals surface area contributed by atoms with Crippen LogP contribution < -0.4 is 5.32 Å². The number of aromatic amines is 1. The van der Waals surface area contributed by atoms with Crippen molar-refractivity contribution in [1.82, 2.24) is 9.97 Å². The summed E-state index contributed by atoms with van der Waals surface area (Å²) in [6, 6.07) is 7.17. The van der Waals surface area contributed by atoms with Crippen molar-refractivity contribution < 1.29 is 5.11 Å². The predicted octanol–water partition coefficient (Wildman–Crippen LogP) is 4.45. The fraction of sp³-hybridized carbons (Fsp3) is 0.389. The van der Waals surface area contributed by atoms with Crippen LogP contribution in [0.25, 0.3) is 21.6 Å². The van der Waals surface area contributed by atoms with Crippen molar-refractivity contribution in [2.24, 2.45) is 0 Å². The van der Waals surface area contributed by atoms with Crippen LogP contribution in [0.2, 0.25) is 0 Å². The third-order valence-corrected chi connectivity index (χ3v) is 5.46. The lowest BCUT2D eigenvalue weighted by Gasteiger charge is -2.15. The average molecular weight is 327 g/mol. The lowest BCUT2D eigenvalue weighted by atomic mass is 10.1. The summed E-state index contributed by atoms with van der Waals surface area (Å²) < 4.78 is 0. The highest BCUT2D eigenvalue weighted by Gasteiger charge is 2.17. The molecule has 23 heavy (non-hydrogen) atoms. The second-order valence-electron chi connectivity index (χ2n) is 6.39. The van der Waals surface area contributed by atoms with E-state index in [4.69, 9.17) is 0 Å². The molecule has 1 saturated carbocycles. The van der Waals surface area contributed by atoms with E-state index in [9.17, 15) is 5.11 Å². The van der Waals surface area contributed by atoms with Crippen molar-refractivity contribution >= 4 is 27.9 Å². The molecule has 0 atom stereocenters. The normalized spacial score (nSPS) is 15.6. The number of aryl methyl sites for hydroxylation is 1. The molecular formula is C18H21N3OS. The van der Waals surface area contributed by atoms with Gasteiger partial charge in [-0.05, 0) is 43.5 Å². The number of fused-ring (bicyclic) bond motifs is 1. The van der Waals surface area contributed by atoms with Crippen LogP contribution in [0, 0.1) is 6.92 Å². The molecule has 2 aromatic heterocycles. The summed E-state index contributed by atoms with van der Waals surface area (Å²) in [4.78, 5) is 7.99. The first-order chi connectivity index (χ1) is 11.2. The molecule has 120 valence electrons. The van der Waals surface area contributed by atoms with Gasteiger partial charge in [0.2, 0.25) is 0 Å². The van der Waals surface area contributed by atoms with Crippen molar-refractivity contribution in [3.8, 4) is 10.7 Å². The van der Waals surface area contributed by atoms with Gasteiger partial charge >= 0.3 is 0 Å². The van der Waals surface area contributed by atoms with Crippen molar-refractivity contribution in [2.75, 3.05) is 5.32 Å². The number of nitrogens with one attached hydrogen (secondary N) is 2. The number of benzene rings is 1. The Morgan fingerprint density at radius 2 is 2.13 bits per heavy atom. The summed E-state index contributed by atoms with van der Waals surface area (Å²) in [5.41, 5.74) is 5.35. The van der Waals surface area contributed by atoms with Crippen LogP contribution in [-0.4, -0.2) is 21.1 Å². The monoisotopic (exact) mass is 327 g/mol. The lowest BCUT2D eigenvalue weighted by molar-refractivity contribution is 0.278. The van der Waals surface area contributed by atoms with Crippen molar-refractivity contribution in [1.29, 1.82) is 0 Å². The Morgan fingerprint density at radius 3 is 2.87 bits per heavy atom. The highest BCUT2D eigenvalue weighted by Crippen LogP contribution is 2.33. The highest BCUT2D eigenvalue weighted by atomic mass is 32.1. The van der Waals surface area contributed by atoms with Crippen LogP contribution in [0.5, 0.6) is 0 Å². The third-order valence-electron chi connectivity index (χ3n) is 4.53. The number of aliphatic hydroxyl groups is 1. The van der Waals surface area contributed by atoms with Crippen LogP contribution in [0.1, 0.15) is 36.9 Å². The zero-order valence-corrected chi connectivity index (χ0v) is 14.0. The number of thiazole rings is 1. The van der Waals surface area contributed by atoms with Gasteiger partial charge in [0.1, 0.15) is 5.01 Å². The molecule has 1 aliphatic rings. The predicted molar refractivity (Wildman–Crippen MR) is 95.9 cm³/mol. The molecule has 0 spiro atoms. The number of aliphatic hydroxyl groups excluding tert-OH is 1. The molecule has 0 saturated heterocycles. The molecule has 1 fully saturated rings. The van der Waals surface area contributed by atoms with E-state index in [0.29, 0.717) is 6.04 Å². The van der Waals surface area contributed by atoms with Crippen LogP contribution in [-0.2, 0) is 6.61 Å². The van der Waals surface area contributed by atoms with E-state index in [1.165, 1.54) is 42.3 Å². The molecule has 1 aliphatic carbocycles. The van der Waals surface area contributed by atoms with E-state index < -0.39 is 0 Å². The summed E-state index contributed by atoms with van der Waals surface area (Å²) >= 11 is 1.56. The van der Waals surface area contributed by atoms with Gasteiger partial charge in [-0.2, -0.15) is 0 Å². The number of hydrogen-bond acceptors (Lipinski definition) is 4. The molecular weight excluding hydrogens is 306 g/mol. The number of hydrogen-bond donors (Lipinski definition) is 3. The van der Waals surface area contributed by atoms with Gasteiger partial charge in [0, 0.05) is 16.8 Å². The van der Waals surface area contributed by atoms with Gasteiger partial charge in [-0.15, -0.1) is 11.3 Å². The molecule has 2 heterocycles. The Hall–Kier alpha value is -1.85. The Bertz CT molecular complexity index is 830. The molecule has 4 rings (SSSR count). The zero-order valence-electron chi connectivity index (χ0n) is 13.2. The molecule has 0 unspecified atom stereocenters. The van der Waals surface area contributed by atoms with E-state index in [0.717, 1.165) is 21.9 Å². The number of rotatable bonds is 4. The van der Waals surface area contributed by atoms with E-state index in [2.05, 4.69) is 40.4 Å². The maximum absolute atomic E-state index is 9.20. The number of anilines is 1. The molecule has 3 aromatic rings. The molecule has 3 N–H and O–H groups in total. The van der Waals surface area contributed by atoms with Crippen molar-refractivity contribution in [3.63, 3.8) is 0 Å². The van der Waals surface area contributed by atoms with E-state index in [-0.39, 0.29) is 6.61 Å². The summed E-state index contributed by atoms with van der Waals surface area (Å²) in [5.74, 6) is 0. The van der Waals surface area contributed by atoms with E-state index >= 15 is 0 Å². The zero-order chi connectivity index (χ0) is 15.8. The average Bonchev–Trinajstić information content (AvgIpc) is 3.26. The maximum Gasteiger partial charge on any atom is 0.140 e. The second kappa shape index (κ2) is 5.98. The summed E-state index contributed by atoms with van der Waals surface area (Å²) in [5, 5.41) is 17.0. The van der Waals surface area contributed by atoms with Crippen molar-refractivity contribution in [3.05, 3.63) is 34.8 Å². The van der Waals surface area contributed by atoms with Gasteiger partial charge in [0.15, 0.2) is 0 Å². The van der Waals surface area contributed by atoms with Gasteiger partial charge in [-0.3, -0.25) is 0 Å². The van der Waals surface area contributed by atoms with Crippen LogP contribution >= 0.6 is 11.3 Å². The third kappa shape index (κ3) is 2.86. The van der Waals surface area contributed by atoms with E-state index in [1.807, 2.05) is 5.38 Å². The Morgan fingerprint density at radius 1 is 1.30 bits per heavy atom. The van der Waals surface area contributed by atoms with Crippen molar-refractivity contribution in [2.45, 2.75) is 45.3 Å². The largest absolute Gasteiger partial charge is 0.390 e. The molecule has 0 radical (unpaired) electrons. The molecule has 4 nitrogen and oxygen atoms in total. The first kappa shape index (κ1) is 14.7. The number of H-pyrrole nitrogens is 1. The number of nitrogens with zero attached hydrogens (tertiary/aromatic N) is 1. The molecule has 0 amide bonds. The Balaban J connectivity index is 1.74. The van der Waals surface area contributed by atoms with Crippen LogP contribution in [0.3, 0.4) is 0 Å². The van der Waals surface area contributed by atoms with Gasteiger partial charge in [-0.1, -0.05) is 12.8 Å². The quantitative estimate of drug-likeness (QED) is 0.663. The first-order valence-electron chi connectivity index (χ1n) is 8.18. The molecule has 0 bridgehead atoms. The van der Waals surface area contributed by atoms with Gasteiger partial charge in [0.25, 0.3) is 0 Å². The first-order valence-corrected chi connectivity index (χ1v) is 9.06. The highest BCUT2D eigenvalue weighted by molar-refractivity contribution is 7.13. The summed E-state index contributed by atoms with van der Waals surface area (Å²) in [7, 11) is 0. The summed E-state index contributed by atoms with van der Waals surface area (Å²) in [6.45, 7) is 2.13. The lowest BCUT2D eigenvalue weighted by Crippen LogP contribution is -2.14. The molecule has 1 aromatic carbocycles. The molecule has 5 heteroatoms. The smallest absolute Gasteiger partial charge is 0.140 e. The Labute approximate surface area is 139 Å². The fourth-order valence-corrected chi connectivity index (χ4v) is 4.20. The number of aromatic nitrogens is 2. The minimum Gasteiger partial charge on any atom is -0.390 e. The minimum absolute atomic E-state index is 0.00960. The van der Waals surface area contributed by atoms with E-state index in [1.54, 1.807) is 11.3 Å². The van der Waals surface area contributed by atoms with Crippen LogP contribution in [0.15, 0.2) is 23.6 Å². The Kier molecular flexibility index (Phi) is 3.83. The fourth-order valence-electron chi connectivity index (χ4n) is 3.42. The second-order valence-corrected chi connectivity index (χ2v) is 7.25. The van der Waals surface area contributed by atoms with Crippen LogP contribution in [0.4, 0.5) is 5.69 Å². The van der Waals surface area contributed by atoms with Gasteiger partial charge in [0.05, 0.1) is 29.2 Å². The van der Waals surface area contributed by atoms with Gasteiger partial charge < -0.3 is 15.4 Å². The van der Waals surface area contributed by atoms with Gasteiger partial charge in [-0.25, -0.2) is 4.98 Å². The standard InChI is InChI=1S/C18H21N3OS/c1-11-6-12-8-16(18-20-14(9-22)10-23-18)21-17(12)15(7-11)19-13-4-2-3-5-13/h6-8,10,13,19,21-22H,2-5,9H2,1H3. The minimum atomic E-state index is -0.00960.